The van der Waals surface area contributed by atoms with E-state index in [1.165, 1.54) is 13.2 Å². The van der Waals surface area contributed by atoms with Crippen molar-refractivity contribution in [2.75, 3.05) is 12.4 Å². The van der Waals surface area contributed by atoms with Crippen LogP contribution in [-0.4, -0.2) is 24.1 Å². The van der Waals surface area contributed by atoms with Gasteiger partial charge in [0, 0.05) is 5.56 Å². The molecule has 138 valence electrons. The summed E-state index contributed by atoms with van der Waals surface area (Å²) in [4.78, 5) is 23.9. The van der Waals surface area contributed by atoms with Crippen LogP contribution in [0.5, 0.6) is 16.6 Å². The van der Waals surface area contributed by atoms with E-state index in [1.54, 1.807) is 36.4 Å². The van der Waals surface area contributed by atoms with E-state index in [9.17, 15) is 14.7 Å². The number of ether oxygens (including phenoxy) is 2. The number of para-hydroxylation sites is 2. The van der Waals surface area contributed by atoms with Crippen LogP contribution in [0.25, 0.3) is 0 Å². The third-order valence-electron chi connectivity index (χ3n) is 3.74. The highest BCUT2D eigenvalue weighted by Crippen LogP contribution is 2.41. The number of hydrogen-bond donors (Lipinski definition) is 2. The van der Waals surface area contributed by atoms with Gasteiger partial charge in [0.05, 0.1) is 12.8 Å². The minimum Gasteiger partial charge on any atom is -0.493 e. The van der Waals surface area contributed by atoms with Crippen molar-refractivity contribution in [3.05, 3.63) is 70.6 Å². The van der Waals surface area contributed by atoms with E-state index >= 15 is 0 Å². The average molecular weight is 383 g/mol. The number of carboxylic acid groups (broad SMARTS) is 1. The van der Waals surface area contributed by atoms with Gasteiger partial charge in [0.15, 0.2) is 11.5 Å². The molecule has 6 nitrogen and oxygen atoms in total. The Labute approximate surface area is 160 Å². The second kappa shape index (κ2) is 7.92. The largest absolute Gasteiger partial charge is 0.493 e. The molecule has 0 spiro atoms. The monoisotopic (exact) mass is 383 g/mol. The number of thiophene rings is 1. The van der Waals surface area contributed by atoms with Gasteiger partial charge in [-0.3, -0.25) is 4.79 Å². The topological polar surface area (TPSA) is 84.9 Å². The number of anilines is 1. The molecule has 3 rings (SSSR count). The molecule has 0 aliphatic carbocycles. The smallest absolute Gasteiger partial charge is 0.346 e. The second-order valence-electron chi connectivity index (χ2n) is 5.69. The van der Waals surface area contributed by atoms with Crippen LogP contribution in [0.15, 0.2) is 54.6 Å². The van der Waals surface area contributed by atoms with Crippen LogP contribution in [0.4, 0.5) is 5.69 Å². The summed E-state index contributed by atoms with van der Waals surface area (Å²) in [5.41, 5.74) is 1.79. The van der Waals surface area contributed by atoms with Gasteiger partial charge < -0.3 is 19.9 Å². The lowest BCUT2D eigenvalue weighted by Crippen LogP contribution is -2.11. The minimum atomic E-state index is -1.10. The van der Waals surface area contributed by atoms with E-state index in [0.717, 1.165) is 16.9 Å². The molecule has 7 heteroatoms. The predicted octanol–water partition coefficient (Wildman–Crippen LogP) is 4.81. The van der Waals surface area contributed by atoms with Crippen molar-refractivity contribution in [1.82, 2.24) is 0 Å². The zero-order chi connectivity index (χ0) is 19.4. The molecular formula is C20H17NO5S. The molecule has 0 unspecified atom stereocenters. The number of carbonyl (C=O) groups excluding carboxylic acids is 1. The van der Waals surface area contributed by atoms with Crippen molar-refractivity contribution in [3.63, 3.8) is 0 Å². The Morgan fingerprint density at radius 3 is 2.33 bits per heavy atom. The maximum atomic E-state index is 12.5. The van der Waals surface area contributed by atoms with E-state index in [0.29, 0.717) is 17.1 Å². The van der Waals surface area contributed by atoms with Crippen LogP contribution in [0.2, 0.25) is 0 Å². The number of aromatic carboxylic acids is 1. The van der Waals surface area contributed by atoms with Crippen LogP contribution in [0.1, 0.15) is 25.6 Å². The van der Waals surface area contributed by atoms with Crippen LogP contribution < -0.4 is 14.8 Å². The summed E-state index contributed by atoms with van der Waals surface area (Å²) in [6.07, 6.45) is 0. The average Bonchev–Trinajstić information content (AvgIpc) is 3.05. The van der Waals surface area contributed by atoms with Crippen molar-refractivity contribution < 1.29 is 24.2 Å². The Morgan fingerprint density at radius 1 is 1.04 bits per heavy atom. The molecule has 0 bridgehead atoms. The van der Waals surface area contributed by atoms with Gasteiger partial charge in [-0.15, -0.1) is 0 Å². The zero-order valence-corrected chi connectivity index (χ0v) is 15.5. The van der Waals surface area contributed by atoms with Gasteiger partial charge in [0.1, 0.15) is 4.88 Å². The highest BCUT2D eigenvalue weighted by molar-refractivity contribution is 7.16. The molecule has 27 heavy (non-hydrogen) atoms. The molecule has 0 radical (unpaired) electrons. The van der Waals surface area contributed by atoms with Gasteiger partial charge in [0.25, 0.3) is 5.91 Å². The zero-order valence-electron chi connectivity index (χ0n) is 14.7. The number of carboxylic acids is 1. The second-order valence-corrected chi connectivity index (χ2v) is 6.70. The number of aryl methyl sites for hydroxylation is 1. The lowest BCUT2D eigenvalue weighted by atomic mass is 10.1. The number of rotatable bonds is 6. The van der Waals surface area contributed by atoms with E-state index in [-0.39, 0.29) is 21.5 Å². The molecule has 0 aliphatic heterocycles. The summed E-state index contributed by atoms with van der Waals surface area (Å²) < 4.78 is 11.1. The normalized spacial score (nSPS) is 10.3. The number of benzene rings is 2. The molecule has 1 aromatic heterocycles. The molecule has 0 aliphatic rings. The third kappa shape index (κ3) is 4.27. The van der Waals surface area contributed by atoms with Gasteiger partial charge in [0.2, 0.25) is 5.06 Å². The van der Waals surface area contributed by atoms with Crippen molar-refractivity contribution >= 4 is 28.9 Å². The van der Waals surface area contributed by atoms with Crippen molar-refractivity contribution in [2.24, 2.45) is 0 Å². The highest BCUT2D eigenvalue weighted by atomic mass is 32.1. The number of nitrogens with one attached hydrogen (secondary N) is 1. The van der Waals surface area contributed by atoms with Crippen LogP contribution in [0.3, 0.4) is 0 Å². The highest BCUT2D eigenvalue weighted by Gasteiger charge is 2.19. The number of carbonyl (C=O) groups is 2. The third-order valence-corrected chi connectivity index (χ3v) is 4.74. The molecular weight excluding hydrogens is 366 g/mol. The van der Waals surface area contributed by atoms with E-state index < -0.39 is 5.97 Å². The first kappa shape index (κ1) is 18.5. The van der Waals surface area contributed by atoms with Gasteiger partial charge in [-0.05, 0) is 37.3 Å². The fourth-order valence-corrected chi connectivity index (χ4v) is 3.16. The molecule has 0 saturated carbocycles. The minimum absolute atomic E-state index is 0.0547. The SMILES string of the molecule is COc1ccccc1Oc1sc(C(=O)O)cc1NC(=O)c1ccc(C)cc1. The molecule has 0 atom stereocenters. The molecule has 1 heterocycles. The Bertz CT molecular complexity index is 978. The van der Waals surface area contributed by atoms with E-state index in [4.69, 9.17) is 9.47 Å². The van der Waals surface area contributed by atoms with Crippen LogP contribution in [-0.2, 0) is 0 Å². The lowest BCUT2D eigenvalue weighted by molar-refractivity contribution is 0.0701. The molecule has 0 saturated heterocycles. The summed E-state index contributed by atoms with van der Waals surface area (Å²) >= 11 is 0.929. The number of methoxy groups -OCH3 is 1. The van der Waals surface area contributed by atoms with Gasteiger partial charge >= 0.3 is 5.97 Å². The van der Waals surface area contributed by atoms with Gasteiger partial charge in [-0.25, -0.2) is 4.79 Å². The number of hydrogen-bond acceptors (Lipinski definition) is 5. The molecule has 1 amide bonds. The fraction of sp³-hybridized carbons (Fsp3) is 0.100. The standard InChI is InChI=1S/C20H17NO5S/c1-12-7-9-13(10-8-12)18(22)21-14-11-17(19(23)24)27-20(14)26-16-6-4-3-5-15(16)25-2/h3-11H,1-2H3,(H,21,22)(H,23,24). The first-order valence-electron chi connectivity index (χ1n) is 8.04. The Hall–Kier alpha value is -3.32. The summed E-state index contributed by atoms with van der Waals surface area (Å²) in [7, 11) is 1.51. The quantitative estimate of drug-likeness (QED) is 0.638. The van der Waals surface area contributed by atoms with E-state index in [2.05, 4.69) is 5.32 Å². The van der Waals surface area contributed by atoms with Crippen LogP contribution in [0, 0.1) is 6.92 Å². The van der Waals surface area contributed by atoms with Gasteiger partial charge in [-0.2, -0.15) is 0 Å². The van der Waals surface area contributed by atoms with Crippen molar-refractivity contribution in [3.8, 4) is 16.6 Å². The van der Waals surface area contributed by atoms with Gasteiger partial charge in [-0.1, -0.05) is 41.2 Å². The Morgan fingerprint density at radius 2 is 1.70 bits per heavy atom. The molecule has 3 aromatic rings. The number of amides is 1. The molecule has 0 fully saturated rings. The van der Waals surface area contributed by atoms with Crippen LogP contribution >= 0.6 is 11.3 Å². The molecule has 2 N–H and O–H groups in total. The fourth-order valence-electron chi connectivity index (χ4n) is 2.35. The summed E-state index contributed by atoms with van der Waals surface area (Å²) in [6, 6.07) is 15.4. The Kier molecular flexibility index (Phi) is 5.42. The predicted molar refractivity (Wildman–Crippen MR) is 103 cm³/mol. The first-order chi connectivity index (χ1) is 13.0. The van der Waals surface area contributed by atoms with Crippen molar-refractivity contribution in [2.45, 2.75) is 6.92 Å². The summed E-state index contributed by atoms with van der Waals surface area (Å²) in [5.74, 6) is -0.529. The van der Waals surface area contributed by atoms with E-state index in [1.807, 2.05) is 19.1 Å². The summed E-state index contributed by atoms with van der Waals surface area (Å²) in [6.45, 7) is 1.93. The summed E-state index contributed by atoms with van der Waals surface area (Å²) in [5, 5.41) is 12.3. The maximum absolute atomic E-state index is 12.5. The maximum Gasteiger partial charge on any atom is 0.346 e. The first-order valence-corrected chi connectivity index (χ1v) is 8.85. The van der Waals surface area contributed by atoms with Crippen molar-refractivity contribution in [1.29, 1.82) is 0 Å². The lowest BCUT2D eigenvalue weighted by Gasteiger charge is -2.11. The Balaban J connectivity index is 1.91. The molecule has 2 aromatic carbocycles.